The molecule has 208 valence electrons. The number of hydrogen-bond acceptors (Lipinski definition) is 6. The van der Waals surface area contributed by atoms with E-state index < -0.39 is 6.04 Å². The van der Waals surface area contributed by atoms with Crippen LogP contribution in [0.5, 0.6) is 0 Å². The monoisotopic (exact) mass is 556 g/mol. The highest BCUT2D eigenvalue weighted by molar-refractivity contribution is 6.30. The van der Waals surface area contributed by atoms with Gasteiger partial charge in [0, 0.05) is 36.6 Å². The number of aryl methyl sites for hydroxylation is 1. The maximum absolute atomic E-state index is 12.1. The van der Waals surface area contributed by atoms with Crippen molar-refractivity contribution in [2.45, 2.75) is 45.3 Å². The summed E-state index contributed by atoms with van der Waals surface area (Å²) in [5.74, 6) is 1.03. The quantitative estimate of drug-likeness (QED) is 0.266. The molecule has 2 heterocycles. The van der Waals surface area contributed by atoms with Gasteiger partial charge in [0.05, 0.1) is 18.1 Å². The van der Waals surface area contributed by atoms with Crippen LogP contribution < -0.4 is 11.1 Å². The minimum atomic E-state index is -0.466. The number of rotatable bonds is 10. The van der Waals surface area contributed by atoms with Crippen LogP contribution in [-0.2, 0) is 11.3 Å². The van der Waals surface area contributed by atoms with Gasteiger partial charge < -0.3 is 11.1 Å². The molecule has 7 nitrogen and oxygen atoms in total. The number of fused-ring (bicyclic) bond motifs is 1. The molecule has 0 aliphatic carbocycles. The van der Waals surface area contributed by atoms with Crippen molar-refractivity contribution in [1.82, 2.24) is 19.8 Å². The van der Waals surface area contributed by atoms with E-state index in [1.54, 1.807) is 0 Å². The molecule has 0 radical (unpaired) electrons. The van der Waals surface area contributed by atoms with Crippen molar-refractivity contribution < 1.29 is 4.79 Å². The van der Waals surface area contributed by atoms with Crippen molar-refractivity contribution in [3.05, 3.63) is 100 Å². The third-order valence-corrected chi connectivity index (χ3v) is 7.85. The Balaban J connectivity index is 1.33. The van der Waals surface area contributed by atoms with E-state index in [1.165, 1.54) is 16.7 Å². The third kappa shape index (κ3) is 6.61. The molecule has 0 bridgehead atoms. The molecule has 1 unspecified atom stereocenters. The van der Waals surface area contributed by atoms with E-state index >= 15 is 0 Å². The molecule has 0 spiro atoms. The van der Waals surface area contributed by atoms with Gasteiger partial charge in [0.2, 0.25) is 5.91 Å². The standard InChI is InChI=1S/C32H37ClN6O/c1-3-6-28(31(34)40)36-32-26-7-4-5-8-27(26)35-29(37-32)21-38-17-19-39(20-18-38)30(23-11-9-22(2)10-12-23)24-13-15-25(33)16-14-24/h4-5,7-16,28,30H,3,6,17-21H2,1-2H3,(H2,34,40)(H,35,36,37)/t28-,30?/m0/s1. The minimum absolute atomic E-state index is 0.164. The Morgan fingerprint density at radius 3 is 2.25 bits per heavy atom. The number of nitrogens with one attached hydrogen (secondary N) is 1. The summed E-state index contributed by atoms with van der Waals surface area (Å²) in [6, 6.07) is 24.6. The van der Waals surface area contributed by atoms with Gasteiger partial charge in [0.1, 0.15) is 17.7 Å². The van der Waals surface area contributed by atoms with Crippen LogP contribution >= 0.6 is 11.6 Å². The number of benzene rings is 3. The highest BCUT2D eigenvalue weighted by Gasteiger charge is 2.27. The first-order valence-electron chi connectivity index (χ1n) is 14.0. The predicted octanol–water partition coefficient (Wildman–Crippen LogP) is 5.56. The second-order valence-corrected chi connectivity index (χ2v) is 11.0. The van der Waals surface area contributed by atoms with Crippen LogP contribution in [0.1, 0.15) is 48.3 Å². The zero-order chi connectivity index (χ0) is 28.1. The van der Waals surface area contributed by atoms with Crippen LogP contribution in [0.15, 0.2) is 72.8 Å². The van der Waals surface area contributed by atoms with E-state index in [0.29, 0.717) is 18.8 Å². The molecule has 5 rings (SSSR count). The van der Waals surface area contributed by atoms with Crippen LogP contribution in [0.3, 0.4) is 0 Å². The van der Waals surface area contributed by atoms with Crippen LogP contribution in [-0.4, -0.2) is 57.9 Å². The lowest BCUT2D eigenvalue weighted by Crippen LogP contribution is -2.47. The Kier molecular flexibility index (Phi) is 8.94. The normalized spacial score (nSPS) is 16.1. The van der Waals surface area contributed by atoms with Crippen molar-refractivity contribution in [2.75, 3.05) is 31.5 Å². The summed E-state index contributed by atoms with van der Waals surface area (Å²) in [6.07, 6.45) is 1.50. The number of hydrogen-bond donors (Lipinski definition) is 2. The molecular weight excluding hydrogens is 520 g/mol. The molecule has 8 heteroatoms. The maximum atomic E-state index is 12.1. The molecular formula is C32H37ClN6O. The maximum Gasteiger partial charge on any atom is 0.239 e. The number of nitrogens with two attached hydrogens (primary N) is 1. The zero-order valence-electron chi connectivity index (χ0n) is 23.2. The van der Waals surface area contributed by atoms with E-state index in [-0.39, 0.29) is 11.9 Å². The number of aromatic nitrogens is 2. The molecule has 4 aromatic rings. The summed E-state index contributed by atoms with van der Waals surface area (Å²) in [5, 5.41) is 4.94. The Labute approximate surface area is 241 Å². The average Bonchev–Trinajstić information content (AvgIpc) is 2.96. The third-order valence-electron chi connectivity index (χ3n) is 7.60. The van der Waals surface area contributed by atoms with Gasteiger partial charge in [0.25, 0.3) is 0 Å². The Bertz CT molecular complexity index is 1390. The average molecular weight is 557 g/mol. The fraction of sp³-hybridized carbons (Fsp3) is 0.344. The lowest BCUT2D eigenvalue weighted by Gasteiger charge is -2.39. The van der Waals surface area contributed by atoms with Crippen molar-refractivity contribution >= 4 is 34.2 Å². The summed E-state index contributed by atoms with van der Waals surface area (Å²) in [7, 11) is 0. The molecule has 1 saturated heterocycles. The van der Waals surface area contributed by atoms with Crippen LogP contribution in [0.2, 0.25) is 5.02 Å². The van der Waals surface area contributed by atoms with Crippen molar-refractivity contribution in [2.24, 2.45) is 5.73 Å². The molecule has 1 amide bonds. The van der Waals surface area contributed by atoms with Gasteiger partial charge in [-0.15, -0.1) is 0 Å². The summed E-state index contributed by atoms with van der Waals surface area (Å²) in [5.41, 5.74) is 10.3. The number of halogens is 1. The van der Waals surface area contributed by atoms with Crippen LogP contribution in [0.25, 0.3) is 10.9 Å². The number of anilines is 1. The first-order valence-corrected chi connectivity index (χ1v) is 14.4. The Hall–Kier alpha value is -3.52. The zero-order valence-corrected chi connectivity index (χ0v) is 23.9. The van der Waals surface area contributed by atoms with Gasteiger partial charge in [0.15, 0.2) is 0 Å². The first-order chi connectivity index (χ1) is 19.4. The molecule has 1 aliphatic rings. The molecule has 3 N–H and O–H groups in total. The molecule has 1 aliphatic heterocycles. The Morgan fingerprint density at radius 2 is 1.60 bits per heavy atom. The van der Waals surface area contributed by atoms with Gasteiger partial charge in [-0.05, 0) is 48.7 Å². The highest BCUT2D eigenvalue weighted by Crippen LogP contribution is 2.31. The SMILES string of the molecule is CCC[C@H](Nc1nc(CN2CCN(C(c3ccc(C)cc3)c3ccc(Cl)cc3)CC2)nc2ccccc12)C(N)=O. The van der Waals surface area contributed by atoms with E-state index in [0.717, 1.165) is 54.3 Å². The fourth-order valence-electron chi connectivity index (χ4n) is 5.43. The van der Waals surface area contributed by atoms with Crippen molar-refractivity contribution in [1.29, 1.82) is 0 Å². The smallest absolute Gasteiger partial charge is 0.239 e. The molecule has 0 saturated carbocycles. The second kappa shape index (κ2) is 12.8. The summed E-state index contributed by atoms with van der Waals surface area (Å²) in [4.78, 5) is 26.7. The predicted molar refractivity (Wildman–Crippen MR) is 162 cm³/mol. The van der Waals surface area contributed by atoms with E-state index in [2.05, 4.69) is 58.4 Å². The second-order valence-electron chi connectivity index (χ2n) is 10.6. The summed E-state index contributed by atoms with van der Waals surface area (Å²) < 4.78 is 0. The fourth-order valence-corrected chi connectivity index (χ4v) is 5.56. The highest BCUT2D eigenvalue weighted by atomic mass is 35.5. The van der Waals surface area contributed by atoms with Crippen molar-refractivity contribution in [3.8, 4) is 0 Å². The number of para-hydroxylation sites is 1. The van der Waals surface area contributed by atoms with Gasteiger partial charge in [-0.1, -0.05) is 79.0 Å². The first kappa shape index (κ1) is 28.0. The van der Waals surface area contributed by atoms with E-state index in [1.807, 2.05) is 43.3 Å². The van der Waals surface area contributed by atoms with Gasteiger partial charge in [-0.2, -0.15) is 0 Å². The number of carbonyl (C=O) groups is 1. The molecule has 3 aromatic carbocycles. The molecule has 1 aromatic heterocycles. The lowest BCUT2D eigenvalue weighted by atomic mass is 9.95. The van der Waals surface area contributed by atoms with Crippen LogP contribution in [0.4, 0.5) is 5.82 Å². The van der Waals surface area contributed by atoms with Gasteiger partial charge in [-0.3, -0.25) is 14.6 Å². The molecule has 2 atom stereocenters. The largest absolute Gasteiger partial charge is 0.368 e. The van der Waals surface area contributed by atoms with Crippen molar-refractivity contribution in [3.63, 3.8) is 0 Å². The number of nitrogens with zero attached hydrogens (tertiary/aromatic N) is 4. The number of piperazine rings is 1. The Morgan fingerprint density at radius 1 is 0.950 bits per heavy atom. The molecule has 40 heavy (non-hydrogen) atoms. The minimum Gasteiger partial charge on any atom is -0.368 e. The van der Waals surface area contributed by atoms with E-state index in [4.69, 9.17) is 27.3 Å². The van der Waals surface area contributed by atoms with E-state index in [9.17, 15) is 4.79 Å². The molecule has 1 fully saturated rings. The van der Waals surface area contributed by atoms with Gasteiger partial charge in [-0.25, -0.2) is 9.97 Å². The summed E-state index contributed by atoms with van der Waals surface area (Å²) >= 11 is 6.21. The van der Waals surface area contributed by atoms with Crippen LogP contribution in [0, 0.1) is 6.92 Å². The lowest BCUT2D eigenvalue weighted by molar-refractivity contribution is -0.118. The summed E-state index contributed by atoms with van der Waals surface area (Å²) in [6.45, 7) is 8.42. The van der Waals surface area contributed by atoms with Gasteiger partial charge >= 0.3 is 0 Å². The number of carbonyl (C=O) groups excluding carboxylic acids is 1. The topological polar surface area (TPSA) is 87.4 Å². The number of primary amides is 1. The number of amides is 1.